The molecule has 15 heavy (non-hydrogen) atoms. The van der Waals surface area contributed by atoms with E-state index in [4.69, 9.17) is 5.73 Å². The van der Waals surface area contributed by atoms with Crippen LogP contribution in [0.5, 0.6) is 0 Å². The van der Waals surface area contributed by atoms with Crippen molar-refractivity contribution in [1.82, 2.24) is 9.78 Å². The van der Waals surface area contributed by atoms with E-state index in [2.05, 4.69) is 5.10 Å². The highest BCUT2D eigenvalue weighted by molar-refractivity contribution is 7.09. The Bertz CT molecular complexity index is 516. The Morgan fingerprint density at radius 3 is 3.07 bits per heavy atom. The lowest BCUT2D eigenvalue weighted by Crippen LogP contribution is -2.24. The standard InChI is InChI=1S/C10H11N3OS/c1-13-10(14)9(11)7(6-12-13)5-8-3-2-4-15-8/h2-4,6H,5,11H2,1H3. The van der Waals surface area contributed by atoms with Gasteiger partial charge in [-0.1, -0.05) is 6.07 Å². The van der Waals surface area contributed by atoms with E-state index in [0.717, 1.165) is 5.56 Å². The van der Waals surface area contributed by atoms with Crippen molar-refractivity contribution < 1.29 is 0 Å². The molecule has 0 unspecified atom stereocenters. The zero-order valence-electron chi connectivity index (χ0n) is 8.30. The molecule has 5 heteroatoms. The van der Waals surface area contributed by atoms with Gasteiger partial charge in [-0.25, -0.2) is 4.68 Å². The van der Waals surface area contributed by atoms with Gasteiger partial charge >= 0.3 is 0 Å². The van der Waals surface area contributed by atoms with E-state index in [1.165, 1.54) is 9.56 Å². The topological polar surface area (TPSA) is 60.9 Å². The van der Waals surface area contributed by atoms with Gasteiger partial charge in [0.1, 0.15) is 5.69 Å². The van der Waals surface area contributed by atoms with Crippen LogP contribution in [-0.4, -0.2) is 9.78 Å². The third-order valence-electron chi connectivity index (χ3n) is 2.20. The lowest BCUT2D eigenvalue weighted by molar-refractivity contribution is 0.704. The summed E-state index contributed by atoms with van der Waals surface area (Å²) in [4.78, 5) is 12.7. The monoisotopic (exact) mass is 221 g/mol. The average Bonchev–Trinajstić information content (AvgIpc) is 2.72. The van der Waals surface area contributed by atoms with Crippen molar-refractivity contribution in [2.45, 2.75) is 6.42 Å². The maximum atomic E-state index is 11.5. The third kappa shape index (κ3) is 1.92. The fourth-order valence-electron chi connectivity index (χ4n) is 1.33. The molecule has 0 atom stereocenters. The summed E-state index contributed by atoms with van der Waals surface area (Å²) in [6, 6.07) is 3.99. The molecular formula is C10H11N3OS. The first-order chi connectivity index (χ1) is 7.18. The predicted octanol–water partition coefficient (Wildman–Crippen LogP) is 1.01. The van der Waals surface area contributed by atoms with E-state index in [9.17, 15) is 4.79 Å². The zero-order chi connectivity index (χ0) is 10.8. The number of rotatable bonds is 2. The maximum absolute atomic E-state index is 11.5. The average molecular weight is 221 g/mol. The largest absolute Gasteiger partial charge is 0.394 e. The Labute approximate surface area is 91.0 Å². The van der Waals surface area contributed by atoms with E-state index >= 15 is 0 Å². The molecule has 78 valence electrons. The number of hydrogen-bond donors (Lipinski definition) is 1. The van der Waals surface area contributed by atoms with Gasteiger partial charge in [0.05, 0.1) is 6.20 Å². The number of hydrogen-bond acceptors (Lipinski definition) is 4. The fourth-order valence-corrected chi connectivity index (χ4v) is 2.06. The second-order valence-corrected chi connectivity index (χ2v) is 4.30. The molecule has 0 fully saturated rings. The summed E-state index contributed by atoms with van der Waals surface area (Å²) in [6.45, 7) is 0. The Kier molecular flexibility index (Phi) is 2.55. The smallest absolute Gasteiger partial charge is 0.289 e. The molecule has 2 aromatic rings. The van der Waals surface area contributed by atoms with Crippen LogP contribution in [0.3, 0.4) is 0 Å². The molecule has 2 N–H and O–H groups in total. The van der Waals surface area contributed by atoms with E-state index in [1.54, 1.807) is 24.6 Å². The predicted molar refractivity (Wildman–Crippen MR) is 61.0 cm³/mol. The number of aromatic nitrogens is 2. The van der Waals surface area contributed by atoms with Gasteiger partial charge in [-0.05, 0) is 11.4 Å². The van der Waals surface area contributed by atoms with Crippen LogP contribution >= 0.6 is 11.3 Å². The fraction of sp³-hybridized carbons (Fsp3) is 0.200. The van der Waals surface area contributed by atoms with Crippen LogP contribution in [-0.2, 0) is 13.5 Å². The van der Waals surface area contributed by atoms with Crippen molar-refractivity contribution in [2.24, 2.45) is 7.05 Å². The van der Waals surface area contributed by atoms with E-state index in [1.807, 2.05) is 17.5 Å². The summed E-state index contributed by atoms with van der Waals surface area (Å²) in [5, 5.41) is 5.95. The first kappa shape index (κ1) is 9.92. The molecule has 0 saturated carbocycles. The van der Waals surface area contributed by atoms with Gasteiger partial charge in [-0.2, -0.15) is 5.10 Å². The number of nitrogens with two attached hydrogens (primary N) is 1. The molecule has 4 nitrogen and oxygen atoms in total. The van der Waals surface area contributed by atoms with Crippen molar-refractivity contribution in [3.8, 4) is 0 Å². The third-order valence-corrected chi connectivity index (χ3v) is 3.08. The minimum atomic E-state index is -0.232. The van der Waals surface area contributed by atoms with Crippen LogP contribution in [0.2, 0.25) is 0 Å². The van der Waals surface area contributed by atoms with Gasteiger partial charge in [-0.15, -0.1) is 11.3 Å². The SMILES string of the molecule is Cn1ncc(Cc2cccs2)c(N)c1=O. The Balaban J connectivity index is 2.38. The lowest BCUT2D eigenvalue weighted by atomic mass is 10.1. The van der Waals surface area contributed by atoms with Crippen molar-refractivity contribution in [1.29, 1.82) is 0 Å². The molecule has 0 aliphatic carbocycles. The molecular weight excluding hydrogens is 210 g/mol. The molecule has 2 rings (SSSR count). The number of nitrogens with zero attached hydrogens (tertiary/aromatic N) is 2. The number of aryl methyl sites for hydroxylation is 1. The van der Waals surface area contributed by atoms with Crippen LogP contribution in [0, 0.1) is 0 Å². The summed E-state index contributed by atoms with van der Waals surface area (Å²) in [5.74, 6) is 0. The lowest BCUT2D eigenvalue weighted by Gasteiger charge is -2.04. The Hall–Kier alpha value is -1.62. The van der Waals surface area contributed by atoms with Gasteiger partial charge in [0, 0.05) is 23.9 Å². The van der Waals surface area contributed by atoms with Gasteiger partial charge in [0.2, 0.25) is 0 Å². The number of anilines is 1. The normalized spacial score (nSPS) is 10.5. The van der Waals surface area contributed by atoms with Gasteiger partial charge in [0.25, 0.3) is 5.56 Å². The minimum Gasteiger partial charge on any atom is -0.394 e. The van der Waals surface area contributed by atoms with Gasteiger partial charge in [0.15, 0.2) is 0 Å². The van der Waals surface area contributed by atoms with Crippen LogP contribution in [0.25, 0.3) is 0 Å². The van der Waals surface area contributed by atoms with Crippen LogP contribution in [0.15, 0.2) is 28.5 Å². The molecule has 2 aromatic heterocycles. The molecule has 0 amide bonds. The van der Waals surface area contributed by atoms with Crippen molar-refractivity contribution in [2.75, 3.05) is 5.73 Å². The maximum Gasteiger partial charge on any atom is 0.289 e. The van der Waals surface area contributed by atoms with Crippen LogP contribution in [0.4, 0.5) is 5.69 Å². The first-order valence-corrected chi connectivity index (χ1v) is 5.39. The van der Waals surface area contributed by atoms with Gasteiger partial charge < -0.3 is 5.73 Å². The highest BCUT2D eigenvalue weighted by atomic mass is 32.1. The molecule has 0 aliphatic heterocycles. The highest BCUT2D eigenvalue weighted by Crippen LogP contribution is 2.16. The molecule has 2 heterocycles. The van der Waals surface area contributed by atoms with E-state index < -0.39 is 0 Å². The number of thiophene rings is 1. The number of nitrogen functional groups attached to an aromatic ring is 1. The quantitative estimate of drug-likeness (QED) is 0.823. The summed E-state index contributed by atoms with van der Waals surface area (Å²) >= 11 is 1.64. The zero-order valence-corrected chi connectivity index (χ0v) is 9.12. The molecule has 0 saturated heterocycles. The molecule has 0 aromatic carbocycles. The highest BCUT2D eigenvalue weighted by Gasteiger charge is 2.06. The van der Waals surface area contributed by atoms with Crippen molar-refractivity contribution in [3.63, 3.8) is 0 Å². The van der Waals surface area contributed by atoms with E-state index in [0.29, 0.717) is 12.1 Å². The second kappa shape index (κ2) is 3.86. The minimum absolute atomic E-state index is 0.232. The van der Waals surface area contributed by atoms with Crippen LogP contribution < -0.4 is 11.3 Å². The molecule has 0 bridgehead atoms. The summed E-state index contributed by atoms with van der Waals surface area (Å²) < 4.78 is 1.24. The summed E-state index contributed by atoms with van der Waals surface area (Å²) in [6.07, 6.45) is 2.32. The summed E-state index contributed by atoms with van der Waals surface area (Å²) in [5.41, 5.74) is 6.58. The van der Waals surface area contributed by atoms with Crippen molar-refractivity contribution in [3.05, 3.63) is 44.5 Å². The van der Waals surface area contributed by atoms with Crippen molar-refractivity contribution >= 4 is 17.0 Å². The van der Waals surface area contributed by atoms with Gasteiger partial charge in [-0.3, -0.25) is 4.79 Å². The Morgan fingerprint density at radius 1 is 1.60 bits per heavy atom. The molecule has 0 radical (unpaired) electrons. The first-order valence-electron chi connectivity index (χ1n) is 4.51. The summed E-state index contributed by atoms with van der Waals surface area (Å²) in [7, 11) is 1.59. The second-order valence-electron chi connectivity index (χ2n) is 3.27. The molecule has 0 aliphatic rings. The van der Waals surface area contributed by atoms with Crippen LogP contribution in [0.1, 0.15) is 10.4 Å². The molecule has 0 spiro atoms. The Morgan fingerprint density at radius 2 is 2.40 bits per heavy atom. The van der Waals surface area contributed by atoms with E-state index in [-0.39, 0.29) is 5.56 Å².